The summed E-state index contributed by atoms with van der Waals surface area (Å²) in [6, 6.07) is 5.01. The molecule has 0 atom stereocenters. The minimum atomic E-state index is -3.89. The van der Waals surface area contributed by atoms with Gasteiger partial charge in [0, 0.05) is 5.70 Å². The first kappa shape index (κ1) is 10.6. The predicted octanol–water partition coefficient (Wildman–Crippen LogP) is 1.78. The third-order valence-electron chi connectivity index (χ3n) is 2.27. The number of sulfone groups is 1. The van der Waals surface area contributed by atoms with E-state index in [0.717, 1.165) is 12.1 Å². The lowest BCUT2D eigenvalue weighted by atomic mass is 10.3. The van der Waals surface area contributed by atoms with Gasteiger partial charge in [-0.2, -0.15) is 5.26 Å². The second-order valence-electron chi connectivity index (χ2n) is 3.33. The van der Waals surface area contributed by atoms with E-state index in [1.165, 1.54) is 13.0 Å². The highest BCUT2D eigenvalue weighted by atomic mass is 32.2. The van der Waals surface area contributed by atoms with Gasteiger partial charge in [0.05, 0.1) is 10.6 Å². The van der Waals surface area contributed by atoms with Crippen LogP contribution in [0.5, 0.6) is 0 Å². The van der Waals surface area contributed by atoms with Gasteiger partial charge in [0.1, 0.15) is 11.9 Å². The standard InChI is InChI=1S/C10H7FN2O2S/c1-6-10(5-12)16(14,15)9-4-7(11)2-3-8(9)13-6/h2-4,13H,1H3. The highest BCUT2D eigenvalue weighted by Crippen LogP contribution is 2.34. The third kappa shape index (κ3) is 1.37. The van der Waals surface area contributed by atoms with Crippen molar-refractivity contribution in [1.29, 1.82) is 5.26 Å². The Morgan fingerprint density at radius 3 is 2.75 bits per heavy atom. The molecule has 0 aromatic heterocycles. The smallest absolute Gasteiger partial charge is 0.220 e. The van der Waals surface area contributed by atoms with Crippen LogP contribution in [0.25, 0.3) is 0 Å². The molecule has 1 N–H and O–H groups in total. The van der Waals surface area contributed by atoms with Crippen LogP contribution in [0, 0.1) is 17.1 Å². The number of allylic oxidation sites excluding steroid dienone is 2. The molecule has 0 saturated heterocycles. The summed E-state index contributed by atoms with van der Waals surface area (Å²) in [5.41, 5.74) is 0.541. The number of fused-ring (bicyclic) bond motifs is 1. The molecule has 1 aromatic rings. The van der Waals surface area contributed by atoms with Crippen molar-refractivity contribution in [2.45, 2.75) is 11.8 Å². The van der Waals surface area contributed by atoms with E-state index >= 15 is 0 Å². The number of hydrogen-bond donors (Lipinski definition) is 1. The van der Waals surface area contributed by atoms with Crippen molar-refractivity contribution < 1.29 is 12.8 Å². The Morgan fingerprint density at radius 2 is 2.12 bits per heavy atom. The zero-order chi connectivity index (χ0) is 11.9. The normalized spacial score (nSPS) is 17.3. The van der Waals surface area contributed by atoms with Crippen molar-refractivity contribution in [3.05, 3.63) is 34.6 Å². The molecule has 0 aliphatic carbocycles. The van der Waals surface area contributed by atoms with Gasteiger partial charge in [-0.25, -0.2) is 12.8 Å². The van der Waals surface area contributed by atoms with Crippen LogP contribution in [-0.2, 0) is 9.84 Å². The Labute approximate surface area is 91.9 Å². The zero-order valence-corrected chi connectivity index (χ0v) is 9.10. The fraction of sp³-hybridized carbons (Fsp3) is 0.100. The fourth-order valence-electron chi connectivity index (χ4n) is 1.54. The molecular weight excluding hydrogens is 231 g/mol. The van der Waals surface area contributed by atoms with Crippen LogP contribution in [0.2, 0.25) is 0 Å². The Balaban J connectivity index is 2.80. The van der Waals surface area contributed by atoms with E-state index in [1.807, 2.05) is 0 Å². The number of halogens is 1. The van der Waals surface area contributed by atoms with Crippen molar-refractivity contribution in [2.24, 2.45) is 0 Å². The Hall–Kier alpha value is -1.87. The minimum absolute atomic E-state index is 0.199. The lowest BCUT2D eigenvalue weighted by molar-refractivity contribution is 0.596. The van der Waals surface area contributed by atoms with Crippen molar-refractivity contribution >= 4 is 15.5 Å². The molecule has 4 nitrogen and oxygen atoms in total. The van der Waals surface area contributed by atoms with E-state index in [1.54, 1.807) is 6.07 Å². The summed E-state index contributed by atoms with van der Waals surface area (Å²) in [4.78, 5) is -0.569. The van der Waals surface area contributed by atoms with Gasteiger partial charge in [-0.1, -0.05) is 0 Å². The Kier molecular flexibility index (Phi) is 2.21. The predicted molar refractivity (Wildman–Crippen MR) is 55.5 cm³/mol. The van der Waals surface area contributed by atoms with Crippen LogP contribution in [0.3, 0.4) is 0 Å². The van der Waals surface area contributed by atoms with Gasteiger partial charge in [-0.15, -0.1) is 0 Å². The summed E-state index contributed by atoms with van der Waals surface area (Å²) in [5, 5.41) is 11.5. The largest absolute Gasteiger partial charge is 0.356 e. The maximum Gasteiger partial charge on any atom is 0.220 e. The van der Waals surface area contributed by atoms with Gasteiger partial charge in [0.15, 0.2) is 4.91 Å². The monoisotopic (exact) mass is 238 g/mol. The number of nitrogens with one attached hydrogen (secondary N) is 1. The van der Waals surface area contributed by atoms with Crippen LogP contribution >= 0.6 is 0 Å². The molecule has 1 heterocycles. The number of hydrogen-bond acceptors (Lipinski definition) is 4. The lowest BCUT2D eigenvalue weighted by Gasteiger charge is -2.19. The SMILES string of the molecule is CC1=C(C#N)S(=O)(=O)c2cc(F)ccc2N1. The molecule has 0 radical (unpaired) electrons. The minimum Gasteiger partial charge on any atom is -0.356 e. The highest BCUT2D eigenvalue weighted by molar-refractivity contribution is 7.95. The summed E-state index contributed by atoms with van der Waals surface area (Å²) in [5.74, 6) is -0.652. The number of rotatable bonds is 0. The first-order valence-electron chi connectivity index (χ1n) is 4.39. The molecule has 2 rings (SSSR count). The molecule has 0 bridgehead atoms. The molecular formula is C10H7FN2O2S. The van der Waals surface area contributed by atoms with Crippen LogP contribution in [0.1, 0.15) is 6.92 Å². The third-order valence-corrected chi connectivity index (χ3v) is 4.12. The molecule has 1 aliphatic heterocycles. The average Bonchev–Trinajstić information content (AvgIpc) is 2.19. The van der Waals surface area contributed by atoms with E-state index in [0.29, 0.717) is 0 Å². The number of nitrogens with zero attached hydrogens (tertiary/aromatic N) is 1. The molecule has 0 amide bonds. The van der Waals surface area contributed by atoms with Crippen molar-refractivity contribution in [1.82, 2.24) is 0 Å². The molecule has 1 aliphatic rings. The van der Waals surface area contributed by atoms with Gasteiger partial charge in [-0.3, -0.25) is 0 Å². The van der Waals surface area contributed by atoms with Crippen LogP contribution in [0.15, 0.2) is 33.7 Å². The highest BCUT2D eigenvalue weighted by Gasteiger charge is 2.30. The topological polar surface area (TPSA) is 70.0 Å². The summed E-state index contributed by atoms with van der Waals surface area (Å²) in [6.07, 6.45) is 0. The van der Waals surface area contributed by atoms with Gasteiger partial charge >= 0.3 is 0 Å². The summed E-state index contributed by atoms with van der Waals surface area (Å²) < 4.78 is 36.8. The molecule has 0 unspecified atom stereocenters. The zero-order valence-electron chi connectivity index (χ0n) is 8.28. The molecule has 6 heteroatoms. The van der Waals surface area contributed by atoms with Gasteiger partial charge < -0.3 is 5.32 Å². The summed E-state index contributed by atoms with van der Waals surface area (Å²) in [6.45, 7) is 1.49. The first-order valence-corrected chi connectivity index (χ1v) is 5.88. The second-order valence-corrected chi connectivity index (χ2v) is 5.19. The van der Waals surface area contributed by atoms with Gasteiger partial charge in [0.2, 0.25) is 9.84 Å². The molecule has 0 fully saturated rings. The Bertz CT molecular complexity index is 641. The van der Waals surface area contributed by atoms with E-state index in [9.17, 15) is 12.8 Å². The quantitative estimate of drug-likeness (QED) is 0.748. The molecule has 16 heavy (non-hydrogen) atoms. The maximum atomic E-state index is 13.0. The lowest BCUT2D eigenvalue weighted by Crippen LogP contribution is -2.17. The molecule has 0 saturated carbocycles. The maximum absolute atomic E-state index is 13.0. The van der Waals surface area contributed by atoms with Crippen LogP contribution in [-0.4, -0.2) is 8.42 Å². The summed E-state index contributed by atoms with van der Waals surface area (Å²) >= 11 is 0. The molecule has 1 aromatic carbocycles. The number of nitriles is 1. The van der Waals surface area contributed by atoms with E-state index in [-0.39, 0.29) is 21.2 Å². The van der Waals surface area contributed by atoms with E-state index in [2.05, 4.69) is 5.32 Å². The van der Waals surface area contributed by atoms with E-state index in [4.69, 9.17) is 5.26 Å². The average molecular weight is 238 g/mol. The van der Waals surface area contributed by atoms with E-state index < -0.39 is 15.7 Å². The molecule has 0 spiro atoms. The Morgan fingerprint density at radius 1 is 1.44 bits per heavy atom. The van der Waals surface area contributed by atoms with Crippen molar-refractivity contribution in [2.75, 3.05) is 5.32 Å². The van der Waals surface area contributed by atoms with Crippen LogP contribution in [0.4, 0.5) is 10.1 Å². The van der Waals surface area contributed by atoms with Crippen LogP contribution < -0.4 is 5.32 Å². The van der Waals surface area contributed by atoms with Crippen molar-refractivity contribution in [3.8, 4) is 6.07 Å². The van der Waals surface area contributed by atoms with Gasteiger partial charge in [0.25, 0.3) is 0 Å². The van der Waals surface area contributed by atoms with Gasteiger partial charge in [-0.05, 0) is 25.1 Å². The first-order chi connectivity index (χ1) is 7.46. The number of anilines is 1. The van der Waals surface area contributed by atoms with Crippen molar-refractivity contribution in [3.63, 3.8) is 0 Å². The summed E-state index contributed by atoms with van der Waals surface area (Å²) in [7, 11) is -3.89. The second kappa shape index (κ2) is 3.32. The number of benzene rings is 1. The fourth-order valence-corrected chi connectivity index (χ4v) is 3.01. The molecule has 82 valence electrons.